The molecule has 0 aromatic heterocycles. The van der Waals surface area contributed by atoms with Gasteiger partial charge in [-0.3, -0.25) is 14.6 Å². The van der Waals surface area contributed by atoms with Crippen LogP contribution in [0, 0.1) is 5.41 Å². The number of carbonyl (C=O) groups excluding carboxylic acids is 1. The van der Waals surface area contributed by atoms with Crippen LogP contribution in [0.3, 0.4) is 0 Å². The number of hydrogen-bond donors (Lipinski definition) is 1. The molecule has 2 fully saturated rings. The Kier molecular flexibility index (Phi) is 10.1. The van der Waals surface area contributed by atoms with Crippen molar-refractivity contribution in [3.63, 3.8) is 0 Å². The van der Waals surface area contributed by atoms with Gasteiger partial charge in [0.15, 0.2) is 11.5 Å². The molecule has 7 nitrogen and oxygen atoms in total. The van der Waals surface area contributed by atoms with Gasteiger partial charge < -0.3 is 19.5 Å². The van der Waals surface area contributed by atoms with E-state index in [9.17, 15) is 14.3 Å². The van der Waals surface area contributed by atoms with Gasteiger partial charge in [-0.2, -0.15) is 0 Å². The van der Waals surface area contributed by atoms with E-state index in [0.29, 0.717) is 18.5 Å². The number of aliphatic hydroxyl groups is 1. The van der Waals surface area contributed by atoms with E-state index >= 15 is 0 Å². The summed E-state index contributed by atoms with van der Waals surface area (Å²) in [7, 11) is 0. The zero-order valence-electron chi connectivity index (χ0n) is 28.7. The minimum Gasteiger partial charge on any atom is -0.454 e. The van der Waals surface area contributed by atoms with Gasteiger partial charge in [0, 0.05) is 31.2 Å². The van der Waals surface area contributed by atoms with Crippen molar-refractivity contribution < 1.29 is 23.8 Å². The Morgan fingerprint density at radius 3 is 2.47 bits per heavy atom. The summed E-state index contributed by atoms with van der Waals surface area (Å²) < 4.78 is 25.8. The predicted molar refractivity (Wildman–Crippen MR) is 177 cm³/mol. The molecule has 1 aromatic rings. The maximum absolute atomic E-state index is 14.7. The number of nitrogens with zero attached hydrogens (tertiary/aromatic N) is 3. The molecule has 0 radical (unpaired) electrons. The first-order chi connectivity index (χ1) is 21.3. The fraction of sp³-hybridized carbons (Fsp3) is 0.703. The first-order valence-corrected chi connectivity index (χ1v) is 17.2. The molecule has 0 spiro atoms. The number of hydrogen-bond acceptors (Lipinski definition) is 6. The highest BCUT2D eigenvalue weighted by Gasteiger charge is 2.47. The minimum atomic E-state index is -0.580. The van der Waals surface area contributed by atoms with Crippen LogP contribution in [0.1, 0.15) is 111 Å². The number of aliphatic hydroxyl groups excluding tert-OH is 1. The van der Waals surface area contributed by atoms with Crippen LogP contribution >= 0.6 is 0 Å². The first-order valence-electron chi connectivity index (χ1n) is 17.2. The van der Waals surface area contributed by atoms with Crippen LogP contribution in [0.15, 0.2) is 41.8 Å². The summed E-state index contributed by atoms with van der Waals surface area (Å²) in [4.78, 5) is 21.4. The number of rotatable bonds is 12. The van der Waals surface area contributed by atoms with E-state index < -0.39 is 11.8 Å². The van der Waals surface area contributed by atoms with Crippen LogP contribution in [0.25, 0.3) is 0 Å². The van der Waals surface area contributed by atoms with Crippen LogP contribution in [-0.2, 0) is 4.79 Å². The molecule has 8 heteroatoms. The molecule has 1 aliphatic carbocycles. The number of amides is 1. The molecule has 1 amide bonds. The van der Waals surface area contributed by atoms with Gasteiger partial charge in [-0.1, -0.05) is 52.7 Å². The van der Waals surface area contributed by atoms with E-state index in [4.69, 9.17) is 9.47 Å². The summed E-state index contributed by atoms with van der Waals surface area (Å²) in [6.07, 6.45) is 9.91. The van der Waals surface area contributed by atoms with E-state index in [1.165, 1.54) is 5.56 Å². The lowest BCUT2D eigenvalue weighted by Gasteiger charge is -2.47. The summed E-state index contributed by atoms with van der Waals surface area (Å²) in [6, 6.07) is 6.34. The molecule has 250 valence electrons. The summed E-state index contributed by atoms with van der Waals surface area (Å²) in [5.41, 5.74) is 1.16. The van der Waals surface area contributed by atoms with Crippen molar-refractivity contribution in [1.29, 1.82) is 0 Å². The Morgan fingerprint density at radius 1 is 1.11 bits per heavy atom. The van der Waals surface area contributed by atoms with Crippen molar-refractivity contribution >= 4 is 5.91 Å². The Bertz CT molecular complexity index is 1290. The van der Waals surface area contributed by atoms with E-state index in [-0.39, 0.29) is 41.4 Å². The minimum absolute atomic E-state index is 0.0871. The second-order valence-electron chi connectivity index (χ2n) is 15.5. The molecule has 5 rings (SSSR count). The third-order valence-corrected chi connectivity index (χ3v) is 10.9. The summed E-state index contributed by atoms with van der Waals surface area (Å²) >= 11 is 0. The molecule has 0 bridgehead atoms. The van der Waals surface area contributed by atoms with Crippen molar-refractivity contribution in [3.8, 4) is 11.5 Å². The maximum Gasteiger partial charge on any atom is 0.237 e. The van der Waals surface area contributed by atoms with Gasteiger partial charge in [0.05, 0.1) is 12.1 Å². The molecule has 3 heterocycles. The average molecular weight is 626 g/mol. The third kappa shape index (κ3) is 7.28. The number of carbonyl (C=O) groups is 1. The topological polar surface area (TPSA) is 65.5 Å². The molecule has 3 aliphatic heterocycles. The number of allylic oxidation sites excluding steroid dienone is 2. The lowest BCUT2D eigenvalue weighted by Crippen LogP contribution is -2.58. The van der Waals surface area contributed by atoms with Crippen LogP contribution < -0.4 is 9.47 Å². The van der Waals surface area contributed by atoms with Crippen molar-refractivity contribution in [2.75, 3.05) is 33.0 Å². The van der Waals surface area contributed by atoms with Gasteiger partial charge in [0.1, 0.15) is 12.1 Å². The number of benzene rings is 1. The Morgan fingerprint density at radius 2 is 1.82 bits per heavy atom. The highest BCUT2D eigenvalue weighted by Crippen LogP contribution is 2.45. The van der Waals surface area contributed by atoms with Crippen molar-refractivity contribution in [2.45, 2.75) is 129 Å². The number of ether oxygens (including phenoxy) is 2. The van der Waals surface area contributed by atoms with Gasteiger partial charge in [-0.25, -0.2) is 4.39 Å². The molecule has 45 heavy (non-hydrogen) atoms. The third-order valence-electron chi connectivity index (χ3n) is 10.9. The lowest BCUT2D eigenvalue weighted by molar-refractivity contribution is -0.141. The molecule has 4 aliphatic rings. The van der Waals surface area contributed by atoms with Crippen LogP contribution in [0.2, 0.25) is 0 Å². The quantitative estimate of drug-likeness (QED) is 0.266. The molecule has 1 N–H and O–H groups in total. The van der Waals surface area contributed by atoms with Crippen LogP contribution in [0.4, 0.5) is 4.39 Å². The number of halogens is 1. The van der Waals surface area contributed by atoms with Crippen LogP contribution in [0.5, 0.6) is 11.5 Å². The summed E-state index contributed by atoms with van der Waals surface area (Å²) in [6.45, 7) is 18.0. The van der Waals surface area contributed by atoms with E-state index in [2.05, 4.69) is 68.4 Å². The number of fused-ring (bicyclic) bond motifs is 1. The molecular formula is C37H56FN3O4. The Balaban J connectivity index is 1.43. The first kappa shape index (κ1) is 33.9. The highest BCUT2D eigenvalue weighted by molar-refractivity contribution is 5.80. The van der Waals surface area contributed by atoms with Gasteiger partial charge in [0.2, 0.25) is 12.7 Å². The molecular weight excluding hydrogens is 569 g/mol. The molecule has 4 atom stereocenters. The normalized spacial score (nSPS) is 29.7. The highest BCUT2D eigenvalue weighted by atomic mass is 19.1. The van der Waals surface area contributed by atoms with E-state index in [0.717, 1.165) is 76.1 Å². The average Bonchev–Trinajstić information content (AvgIpc) is 3.64. The zero-order valence-corrected chi connectivity index (χ0v) is 28.7. The van der Waals surface area contributed by atoms with Gasteiger partial charge >= 0.3 is 0 Å². The second kappa shape index (κ2) is 13.4. The lowest BCUT2D eigenvalue weighted by atomic mass is 9.84. The number of likely N-dealkylation sites (tertiary alicyclic amines) is 2. The van der Waals surface area contributed by atoms with E-state index in [1.807, 2.05) is 19.1 Å². The maximum atomic E-state index is 14.7. The second-order valence-corrected chi connectivity index (χ2v) is 15.5. The standard InChI is InChI=1S/C37H56FN3O4/c1-8-10-29(11-9-2)41(37(7)15-14-30(38)26(3)19-37)34(43)23-40-22-28(27-12-13-31-32(18-27)45-25-44-31)20-36(40,6)16-17-39-24-35(4,5)21-33(39)42/h12-15,18,28-29,33,42H,8-11,16-17,19-25H2,1-7H3/t28-,33?,36-,37?/m1/s1. The van der Waals surface area contributed by atoms with Crippen molar-refractivity contribution in [1.82, 2.24) is 14.7 Å². The SMILES string of the molecule is CCCC(CCC)N(C(=O)CN1C[C@H](c2ccc3c(c2)OCO3)C[C@@]1(C)CCN1CC(C)(C)CC1O)C1(C)C=CC(F)=C(C)C1. The Hall–Kier alpha value is -2.42. The smallest absolute Gasteiger partial charge is 0.237 e. The van der Waals surface area contributed by atoms with Crippen molar-refractivity contribution in [3.05, 3.63) is 47.3 Å². The molecule has 2 saturated heterocycles. The molecule has 0 saturated carbocycles. The van der Waals surface area contributed by atoms with Crippen molar-refractivity contribution in [2.24, 2.45) is 5.41 Å². The Labute approximate surface area is 270 Å². The van der Waals surface area contributed by atoms with Gasteiger partial charge in [-0.15, -0.1) is 0 Å². The van der Waals surface area contributed by atoms with Crippen LogP contribution in [-0.4, -0.2) is 82.0 Å². The van der Waals surface area contributed by atoms with Gasteiger partial charge in [-0.05, 0) is 100.0 Å². The fourth-order valence-electron chi connectivity index (χ4n) is 8.53. The predicted octanol–water partition coefficient (Wildman–Crippen LogP) is 7.16. The summed E-state index contributed by atoms with van der Waals surface area (Å²) in [5, 5.41) is 10.8. The monoisotopic (exact) mass is 625 g/mol. The van der Waals surface area contributed by atoms with E-state index in [1.54, 1.807) is 6.08 Å². The van der Waals surface area contributed by atoms with Gasteiger partial charge in [0.25, 0.3) is 0 Å². The summed E-state index contributed by atoms with van der Waals surface area (Å²) in [5.74, 6) is 1.72. The molecule has 2 unspecified atom stereocenters. The molecule has 1 aromatic carbocycles. The zero-order chi connectivity index (χ0) is 32.6. The fourth-order valence-corrected chi connectivity index (χ4v) is 8.53. The largest absolute Gasteiger partial charge is 0.454 e.